The van der Waals surface area contributed by atoms with E-state index in [0.717, 1.165) is 5.56 Å². The summed E-state index contributed by atoms with van der Waals surface area (Å²) in [5, 5.41) is 9.24. The summed E-state index contributed by atoms with van der Waals surface area (Å²) in [6.45, 7) is 8.89. The molecule has 0 radical (unpaired) electrons. The van der Waals surface area contributed by atoms with Crippen LogP contribution >= 0.6 is 22.9 Å². The Bertz CT molecular complexity index is 1140. The highest BCUT2D eigenvalue weighted by atomic mass is 35.5. The molecule has 0 saturated carbocycles. The van der Waals surface area contributed by atoms with E-state index in [1.54, 1.807) is 24.5 Å². The van der Waals surface area contributed by atoms with Crippen molar-refractivity contribution in [1.29, 1.82) is 0 Å². The normalized spacial score (nSPS) is 15.7. The number of fused-ring (bicyclic) bond motifs is 3. The number of rotatable bonds is 3. The summed E-state index contributed by atoms with van der Waals surface area (Å²) in [5.74, 6) is -0.607. The van der Waals surface area contributed by atoms with Crippen LogP contribution in [-0.2, 0) is 11.3 Å². The van der Waals surface area contributed by atoms with Crippen molar-refractivity contribution in [2.75, 3.05) is 6.61 Å². The van der Waals surface area contributed by atoms with E-state index in [1.165, 1.54) is 6.07 Å². The number of thiophene rings is 1. The Morgan fingerprint density at radius 3 is 2.79 bits per heavy atom. The van der Waals surface area contributed by atoms with E-state index >= 15 is 0 Å². The van der Waals surface area contributed by atoms with Gasteiger partial charge in [0, 0.05) is 23.2 Å². The van der Waals surface area contributed by atoms with E-state index in [2.05, 4.69) is 20.8 Å². The minimum atomic E-state index is -0.607. The zero-order chi connectivity index (χ0) is 20.9. The molecule has 8 heteroatoms. The van der Waals surface area contributed by atoms with Gasteiger partial charge in [0.15, 0.2) is 5.43 Å². The third-order valence-corrected chi connectivity index (χ3v) is 6.23. The monoisotopic (exact) mass is 431 g/mol. The molecule has 3 aromatic rings. The minimum Gasteiger partial charge on any atom is -0.462 e. The van der Waals surface area contributed by atoms with Crippen molar-refractivity contribution < 1.29 is 9.53 Å². The van der Waals surface area contributed by atoms with Crippen molar-refractivity contribution in [2.24, 2.45) is 5.41 Å². The maximum absolute atomic E-state index is 12.7. The highest BCUT2D eigenvalue weighted by molar-refractivity contribution is 7.08. The van der Waals surface area contributed by atoms with Gasteiger partial charge < -0.3 is 9.30 Å². The van der Waals surface area contributed by atoms with Crippen LogP contribution < -0.4 is 5.43 Å². The molecule has 0 aliphatic carbocycles. The van der Waals surface area contributed by atoms with Gasteiger partial charge in [0.05, 0.1) is 29.9 Å². The van der Waals surface area contributed by atoms with E-state index in [0.29, 0.717) is 28.6 Å². The summed E-state index contributed by atoms with van der Waals surface area (Å²) < 4.78 is 8.93. The van der Waals surface area contributed by atoms with Gasteiger partial charge in [-0.1, -0.05) is 32.4 Å². The molecule has 0 amide bonds. The lowest BCUT2D eigenvalue weighted by Gasteiger charge is -2.38. The minimum absolute atomic E-state index is 0.0231. The molecule has 0 N–H and O–H groups in total. The molecule has 1 atom stereocenters. The van der Waals surface area contributed by atoms with Crippen LogP contribution in [0.3, 0.4) is 0 Å². The first-order chi connectivity index (χ1) is 13.7. The van der Waals surface area contributed by atoms with Crippen molar-refractivity contribution in [2.45, 2.75) is 40.3 Å². The van der Waals surface area contributed by atoms with Crippen LogP contribution in [0.5, 0.6) is 0 Å². The molecule has 6 nitrogen and oxygen atoms in total. The van der Waals surface area contributed by atoms with Gasteiger partial charge in [-0.25, -0.2) is 4.79 Å². The van der Waals surface area contributed by atoms with Crippen LogP contribution in [0.15, 0.2) is 33.9 Å². The van der Waals surface area contributed by atoms with Crippen molar-refractivity contribution in [3.63, 3.8) is 0 Å². The first kappa shape index (κ1) is 19.9. The fraction of sp³-hybridized carbons (Fsp3) is 0.381. The Labute approximate surface area is 177 Å². The van der Waals surface area contributed by atoms with Crippen LogP contribution in [0, 0.1) is 5.41 Å². The summed E-state index contributed by atoms with van der Waals surface area (Å²) in [4.78, 5) is 25.0. The zero-order valence-corrected chi connectivity index (χ0v) is 18.3. The number of halogens is 1. The standard InChI is InChI=1S/C21H22ClN3O3S/c1-5-28-20(27)13-9-24-14(8-15(13)26)19-17(22)18(12-6-7-29-11-12)23-25(19)10-16(24)21(2,3)4/h6-9,11,16H,5,10H2,1-4H3/t16-/m0/s1. The zero-order valence-electron chi connectivity index (χ0n) is 16.7. The van der Waals surface area contributed by atoms with E-state index in [9.17, 15) is 9.59 Å². The van der Waals surface area contributed by atoms with E-state index < -0.39 is 5.97 Å². The Hall–Kier alpha value is -2.38. The third-order valence-electron chi connectivity index (χ3n) is 5.19. The van der Waals surface area contributed by atoms with Gasteiger partial charge in [0.2, 0.25) is 0 Å². The second kappa shape index (κ2) is 7.15. The first-order valence-electron chi connectivity index (χ1n) is 9.45. The van der Waals surface area contributed by atoms with Crippen LogP contribution in [0.2, 0.25) is 5.02 Å². The number of aromatic nitrogens is 3. The maximum atomic E-state index is 12.7. The molecule has 3 aromatic heterocycles. The molecule has 0 aromatic carbocycles. The number of carbonyl (C=O) groups excluding carboxylic acids is 1. The summed E-state index contributed by atoms with van der Waals surface area (Å²) in [6.07, 6.45) is 1.61. The number of carbonyl (C=O) groups is 1. The average Bonchev–Trinajstić information content (AvgIpc) is 3.28. The van der Waals surface area contributed by atoms with Crippen LogP contribution in [0.1, 0.15) is 44.1 Å². The Morgan fingerprint density at radius 1 is 1.41 bits per heavy atom. The number of ether oxygens (including phenoxy) is 1. The SMILES string of the molecule is CCOC(=O)c1cn2c(cc1=O)-c1c(Cl)c(-c3ccsc3)nn1C[C@H]2C(C)(C)C. The highest BCUT2D eigenvalue weighted by Gasteiger charge is 2.36. The van der Waals surface area contributed by atoms with Gasteiger partial charge in [-0.05, 0) is 23.8 Å². The maximum Gasteiger partial charge on any atom is 0.343 e. The molecule has 0 fully saturated rings. The number of hydrogen-bond acceptors (Lipinski definition) is 5. The molecule has 0 unspecified atom stereocenters. The molecule has 0 saturated heterocycles. The second-order valence-electron chi connectivity index (χ2n) is 8.15. The summed E-state index contributed by atoms with van der Waals surface area (Å²) in [6, 6.07) is 3.43. The number of nitrogens with zero attached hydrogens (tertiary/aromatic N) is 3. The predicted molar refractivity (Wildman–Crippen MR) is 115 cm³/mol. The van der Waals surface area contributed by atoms with Crippen molar-refractivity contribution in [3.8, 4) is 22.6 Å². The summed E-state index contributed by atoms with van der Waals surface area (Å²) >= 11 is 8.32. The molecular formula is C21H22ClN3O3S. The predicted octanol–water partition coefficient (Wildman–Crippen LogP) is 4.87. The fourth-order valence-corrected chi connectivity index (χ4v) is 4.68. The molecule has 0 spiro atoms. The van der Waals surface area contributed by atoms with Gasteiger partial charge in [-0.3, -0.25) is 9.48 Å². The van der Waals surface area contributed by atoms with Crippen molar-refractivity contribution >= 4 is 28.9 Å². The number of esters is 1. The molecule has 4 rings (SSSR count). The number of hydrogen-bond donors (Lipinski definition) is 0. The van der Waals surface area contributed by atoms with E-state index in [4.69, 9.17) is 21.4 Å². The Balaban J connectivity index is 1.96. The smallest absolute Gasteiger partial charge is 0.343 e. The van der Waals surface area contributed by atoms with Crippen molar-refractivity contribution in [3.05, 3.63) is 49.9 Å². The average molecular weight is 432 g/mol. The van der Waals surface area contributed by atoms with Crippen LogP contribution in [-0.4, -0.2) is 26.9 Å². The molecule has 4 heterocycles. The molecular weight excluding hydrogens is 410 g/mol. The fourth-order valence-electron chi connectivity index (χ4n) is 3.70. The molecule has 0 bridgehead atoms. The van der Waals surface area contributed by atoms with Crippen molar-refractivity contribution in [1.82, 2.24) is 14.3 Å². The van der Waals surface area contributed by atoms with Gasteiger partial charge >= 0.3 is 5.97 Å². The Kier molecular flexibility index (Phi) is 4.91. The summed E-state index contributed by atoms with van der Waals surface area (Å²) in [7, 11) is 0. The molecule has 1 aliphatic heterocycles. The highest BCUT2D eigenvalue weighted by Crippen LogP contribution is 2.44. The molecule has 152 valence electrons. The van der Waals surface area contributed by atoms with Crippen LogP contribution in [0.25, 0.3) is 22.6 Å². The lowest BCUT2D eigenvalue weighted by atomic mass is 9.85. The van der Waals surface area contributed by atoms with Gasteiger partial charge in [0.1, 0.15) is 17.0 Å². The quantitative estimate of drug-likeness (QED) is 0.555. The van der Waals surface area contributed by atoms with Gasteiger partial charge in [0.25, 0.3) is 0 Å². The second-order valence-corrected chi connectivity index (χ2v) is 9.31. The van der Waals surface area contributed by atoms with Gasteiger partial charge in [-0.2, -0.15) is 16.4 Å². The van der Waals surface area contributed by atoms with Crippen LogP contribution in [0.4, 0.5) is 0 Å². The van der Waals surface area contributed by atoms with E-state index in [-0.39, 0.29) is 29.1 Å². The van der Waals surface area contributed by atoms with E-state index in [1.807, 2.05) is 26.1 Å². The molecule has 29 heavy (non-hydrogen) atoms. The van der Waals surface area contributed by atoms with Gasteiger partial charge in [-0.15, -0.1) is 0 Å². The lowest BCUT2D eigenvalue weighted by Crippen LogP contribution is -2.35. The topological polar surface area (TPSA) is 66.1 Å². The lowest BCUT2D eigenvalue weighted by molar-refractivity contribution is 0.0522. The summed E-state index contributed by atoms with van der Waals surface area (Å²) in [5.41, 5.74) is 2.51. The Morgan fingerprint density at radius 2 is 2.17 bits per heavy atom. The molecule has 1 aliphatic rings. The number of pyridine rings is 1. The largest absolute Gasteiger partial charge is 0.462 e. The third kappa shape index (κ3) is 3.32. The first-order valence-corrected chi connectivity index (χ1v) is 10.8.